The summed E-state index contributed by atoms with van der Waals surface area (Å²) in [6.45, 7) is 7.22. The van der Waals surface area contributed by atoms with E-state index in [0.29, 0.717) is 11.5 Å². The Hall–Kier alpha value is -0.480. The van der Waals surface area contributed by atoms with Gasteiger partial charge in [-0.2, -0.15) is 4.91 Å². The minimum Gasteiger partial charge on any atom is -0.395 e. The molecule has 98 valence electrons. The van der Waals surface area contributed by atoms with Gasteiger partial charge in [-0.3, -0.25) is 0 Å². The highest BCUT2D eigenvalue weighted by atomic mass is 16.3. The lowest BCUT2D eigenvalue weighted by Gasteiger charge is -2.40. The third kappa shape index (κ3) is 1.82. The van der Waals surface area contributed by atoms with Crippen LogP contribution in [-0.4, -0.2) is 30.3 Å². The number of rotatable bonds is 5. The van der Waals surface area contributed by atoms with Crippen LogP contribution in [0.25, 0.3) is 0 Å². The van der Waals surface area contributed by atoms with Crippen molar-refractivity contribution in [2.75, 3.05) is 13.2 Å². The second kappa shape index (κ2) is 4.32. The van der Waals surface area contributed by atoms with E-state index in [1.54, 1.807) is 0 Å². The van der Waals surface area contributed by atoms with Crippen LogP contribution in [-0.2, 0) is 0 Å². The molecule has 0 aliphatic heterocycles. The van der Waals surface area contributed by atoms with Gasteiger partial charge in [-0.05, 0) is 36.0 Å². The number of hydrogen-bond acceptors (Lipinski definition) is 4. The first-order valence-electron chi connectivity index (χ1n) is 6.61. The van der Waals surface area contributed by atoms with Gasteiger partial charge < -0.3 is 10.4 Å². The molecule has 2 bridgehead atoms. The van der Waals surface area contributed by atoms with Crippen molar-refractivity contribution < 1.29 is 5.11 Å². The fraction of sp³-hybridized carbons (Fsp3) is 1.00. The van der Waals surface area contributed by atoms with Crippen molar-refractivity contribution in [2.45, 2.75) is 52.1 Å². The zero-order valence-corrected chi connectivity index (χ0v) is 11.1. The maximum atomic E-state index is 10.3. The quantitative estimate of drug-likeness (QED) is 0.722. The molecule has 2 rings (SSSR count). The molecular formula is C13H24N2O2. The van der Waals surface area contributed by atoms with Crippen molar-refractivity contribution in [3.05, 3.63) is 4.91 Å². The summed E-state index contributed by atoms with van der Waals surface area (Å²) >= 11 is 0. The zero-order valence-electron chi connectivity index (χ0n) is 11.1. The van der Waals surface area contributed by atoms with Crippen molar-refractivity contribution in [1.29, 1.82) is 0 Å². The molecule has 0 spiro atoms. The van der Waals surface area contributed by atoms with Crippen molar-refractivity contribution in [1.82, 2.24) is 5.32 Å². The highest BCUT2D eigenvalue weighted by Crippen LogP contribution is 2.65. The average molecular weight is 240 g/mol. The van der Waals surface area contributed by atoms with Crippen LogP contribution in [0.4, 0.5) is 0 Å². The van der Waals surface area contributed by atoms with E-state index in [0.717, 1.165) is 5.92 Å². The van der Waals surface area contributed by atoms with E-state index in [9.17, 15) is 10.0 Å². The normalized spacial score (nSPS) is 40.5. The number of aliphatic hydroxyl groups is 1. The molecule has 0 radical (unpaired) electrons. The Morgan fingerprint density at radius 3 is 2.59 bits per heavy atom. The minimum absolute atomic E-state index is 0.0105. The molecule has 17 heavy (non-hydrogen) atoms. The lowest BCUT2D eigenvalue weighted by molar-refractivity contribution is 0.108. The monoisotopic (exact) mass is 240 g/mol. The fourth-order valence-corrected chi connectivity index (χ4v) is 3.99. The predicted molar refractivity (Wildman–Crippen MR) is 67.7 cm³/mol. The maximum absolute atomic E-state index is 10.3. The lowest BCUT2D eigenvalue weighted by Crippen LogP contribution is -2.50. The number of nitrogens with one attached hydrogen (secondary N) is 1. The van der Waals surface area contributed by atoms with Crippen LogP contribution in [0, 0.1) is 21.7 Å². The molecule has 4 heteroatoms. The predicted octanol–water partition coefficient (Wildman–Crippen LogP) is 1.92. The van der Waals surface area contributed by atoms with Gasteiger partial charge in [0.2, 0.25) is 0 Å². The van der Waals surface area contributed by atoms with Gasteiger partial charge in [0, 0.05) is 6.04 Å². The van der Waals surface area contributed by atoms with Crippen LogP contribution in [0.15, 0.2) is 5.18 Å². The van der Waals surface area contributed by atoms with E-state index in [-0.39, 0.29) is 24.6 Å². The molecule has 2 aliphatic carbocycles. The van der Waals surface area contributed by atoms with E-state index >= 15 is 0 Å². The fourth-order valence-electron chi connectivity index (χ4n) is 3.99. The highest BCUT2D eigenvalue weighted by molar-refractivity contribution is 5.13. The molecule has 1 unspecified atom stereocenters. The summed E-state index contributed by atoms with van der Waals surface area (Å²) in [5.74, 6) is 0.772. The average Bonchev–Trinajstić information content (AvgIpc) is 2.61. The smallest absolute Gasteiger partial charge is 0.0986 e. The molecular weight excluding hydrogens is 216 g/mol. The Morgan fingerprint density at radius 1 is 1.47 bits per heavy atom. The van der Waals surface area contributed by atoms with Gasteiger partial charge in [0.05, 0.1) is 19.2 Å². The van der Waals surface area contributed by atoms with Gasteiger partial charge in [0.25, 0.3) is 0 Å². The Balaban J connectivity index is 2.07. The molecule has 2 aliphatic rings. The highest BCUT2D eigenvalue weighted by Gasteiger charge is 2.61. The molecule has 0 aromatic carbocycles. The van der Waals surface area contributed by atoms with Gasteiger partial charge in [0.1, 0.15) is 0 Å². The number of aliphatic hydroxyl groups excluding tert-OH is 1. The summed E-state index contributed by atoms with van der Waals surface area (Å²) in [6, 6.07) is 0.236. The van der Waals surface area contributed by atoms with Gasteiger partial charge in [0.15, 0.2) is 0 Å². The summed E-state index contributed by atoms with van der Waals surface area (Å²) in [4.78, 5) is 10.3. The van der Waals surface area contributed by atoms with E-state index in [4.69, 9.17) is 0 Å². The summed E-state index contributed by atoms with van der Waals surface area (Å²) < 4.78 is 0. The van der Waals surface area contributed by atoms with Crippen LogP contribution < -0.4 is 5.32 Å². The standard InChI is InChI=1S/C13H24N2O2/c1-12(2)9-4-5-13(12,3)11(6-9)15-10(8-16)7-14-17/h9-11,15-16H,4-8H2,1-3H3/t9?,10-,11+,13+/m0/s1. The maximum Gasteiger partial charge on any atom is 0.0986 e. The molecule has 0 aromatic heterocycles. The second-order valence-corrected chi connectivity index (χ2v) is 6.52. The molecule has 2 saturated carbocycles. The van der Waals surface area contributed by atoms with Crippen molar-refractivity contribution in [3.8, 4) is 0 Å². The molecule has 0 heterocycles. The van der Waals surface area contributed by atoms with Crippen LogP contribution in [0.1, 0.15) is 40.0 Å². The van der Waals surface area contributed by atoms with E-state index in [1.165, 1.54) is 19.3 Å². The third-order valence-corrected chi connectivity index (χ3v) is 5.75. The van der Waals surface area contributed by atoms with Crippen LogP contribution in [0.3, 0.4) is 0 Å². The zero-order chi connectivity index (χ0) is 12.7. The largest absolute Gasteiger partial charge is 0.395 e. The number of nitroso groups, excluding NO2 is 1. The van der Waals surface area contributed by atoms with Crippen molar-refractivity contribution >= 4 is 0 Å². The SMILES string of the molecule is CC1(C)C2CC[C@]1(C)[C@H](N[C@H](CO)CN=O)C2. The Kier molecular flexibility index (Phi) is 3.29. The molecule has 2 N–H and O–H groups in total. The lowest BCUT2D eigenvalue weighted by atomic mass is 9.69. The summed E-state index contributed by atoms with van der Waals surface area (Å²) in [7, 11) is 0. The van der Waals surface area contributed by atoms with E-state index in [2.05, 4.69) is 31.3 Å². The number of hydrogen-bond donors (Lipinski definition) is 2. The molecule has 2 fully saturated rings. The molecule has 0 saturated heterocycles. The minimum atomic E-state index is -0.176. The van der Waals surface area contributed by atoms with Gasteiger partial charge in [-0.15, -0.1) is 0 Å². The second-order valence-electron chi connectivity index (χ2n) is 6.52. The van der Waals surface area contributed by atoms with Crippen LogP contribution >= 0.6 is 0 Å². The molecule has 4 atom stereocenters. The van der Waals surface area contributed by atoms with E-state index in [1.807, 2.05) is 0 Å². The van der Waals surface area contributed by atoms with Crippen molar-refractivity contribution in [2.24, 2.45) is 21.9 Å². The molecule has 0 amide bonds. The van der Waals surface area contributed by atoms with E-state index < -0.39 is 0 Å². The first kappa shape index (κ1) is 13.0. The first-order valence-corrected chi connectivity index (χ1v) is 6.61. The summed E-state index contributed by atoms with van der Waals surface area (Å²) in [6.07, 6.45) is 3.73. The summed E-state index contributed by atoms with van der Waals surface area (Å²) in [5, 5.41) is 15.6. The first-order chi connectivity index (χ1) is 7.95. The third-order valence-electron chi connectivity index (χ3n) is 5.75. The van der Waals surface area contributed by atoms with Gasteiger partial charge in [-0.1, -0.05) is 25.9 Å². The summed E-state index contributed by atoms with van der Waals surface area (Å²) in [5.41, 5.74) is 0.646. The number of fused-ring (bicyclic) bond motifs is 2. The Labute approximate surface area is 103 Å². The van der Waals surface area contributed by atoms with Crippen LogP contribution in [0.2, 0.25) is 0 Å². The van der Waals surface area contributed by atoms with Crippen LogP contribution in [0.5, 0.6) is 0 Å². The van der Waals surface area contributed by atoms with Crippen molar-refractivity contribution in [3.63, 3.8) is 0 Å². The Morgan fingerprint density at radius 2 is 2.18 bits per heavy atom. The van der Waals surface area contributed by atoms with Gasteiger partial charge in [-0.25, -0.2) is 0 Å². The number of nitrogens with zero attached hydrogens (tertiary/aromatic N) is 1. The molecule has 4 nitrogen and oxygen atoms in total. The topological polar surface area (TPSA) is 61.7 Å². The Bertz CT molecular complexity index is 306. The van der Waals surface area contributed by atoms with Gasteiger partial charge >= 0.3 is 0 Å². The molecule has 0 aromatic rings.